The first kappa shape index (κ1) is 22.7. The number of pyridine rings is 2. The van der Waals surface area contributed by atoms with E-state index in [9.17, 15) is 9.18 Å². The van der Waals surface area contributed by atoms with E-state index in [2.05, 4.69) is 25.2 Å². The van der Waals surface area contributed by atoms with E-state index in [0.717, 1.165) is 47.2 Å². The third-order valence-corrected chi connectivity index (χ3v) is 5.70. The molecule has 2 aromatic heterocycles. The Morgan fingerprint density at radius 2 is 1.88 bits per heavy atom. The van der Waals surface area contributed by atoms with Crippen LogP contribution in [0.5, 0.6) is 5.75 Å². The van der Waals surface area contributed by atoms with Crippen molar-refractivity contribution in [1.82, 2.24) is 14.9 Å². The second-order valence-corrected chi connectivity index (χ2v) is 8.18. The van der Waals surface area contributed by atoms with Crippen molar-refractivity contribution in [3.8, 4) is 11.4 Å². The molecule has 0 radical (unpaired) electrons. The minimum atomic E-state index is -0.290. The van der Waals surface area contributed by atoms with Crippen LogP contribution in [0.15, 0.2) is 77.7 Å². The standard InChI is InChI=1S/C27H28FN3O2/c1-3-19(2)29-14-12-23-9-6-21-16-24(10-11-26(21)30-23)31-15-13-25(17-27(31)32)33-18-20-4-7-22(28)8-5-20/h4-11,13,15-17,19,29H,3,12,14,18H2,1-2H3/t19-/m1/s1. The van der Waals surface area contributed by atoms with Crippen molar-refractivity contribution in [2.75, 3.05) is 6.54 Å². The van der Waals surface area contributed by atoms with Gasteiger partial charge in [-0.05, 0) is 61.4 Å². The van der Waals surface area contributed by atoms with Gasteiger partial charge >= 0.3 is 0 Å². The van der Waals surface area contributed by atoms with Crippen LogP contribution in [0.4, 0.5) is 4.39 Å². The molecule has 33 heavy (non-hydrogen) atoms. The summed E-state index contributed by atoms with van der Waals surface area (Å²) in [5, 5.41) is 4.47. The highest BCUT2D eigenvalue weighted by Crippen LogP contribution is 2.18. The normalized spacial score (nSPS) is 12.1. The number of hydrogen-bond donors (Lipinski definition) is 1. The van der Waals surface area contributed by atoms with E-state index in [4.69, 9.17) is 9.72 Å². The summed E-state index contributed by atoms with van der Waals surface area (Å²) in [5.41, 5.74) is 3.37. The number of ether oxygens (including phenoxy) is 1. The molecule has 6 heteroatoms. The predicted octanol–water partition coefficient (Wildman–Crippen LogP) is 5.03. The van der Waals surface area contributed by atoms with Crippen LogP contribution in [-0.4, -0.2) is 22.1 Å². The molecular weight excluding hydrogens is 417 g/mol. The molecule has 2 aromatic carbocycles. The molecule has 0 aliphatic heterocycles. The summed E-state index contributed by atoms with van der Waals surface area (Å²) in [6, 6.07) is 19.7. The molecule has 0 aliphatic carbocycles. The molecule has 0 unspecified atom stereocenters. The van der Waals surface area contributed by atoms with Crippen molar-refractivity contribution in [3.05, 3.63) is 100 Å². The van der Waals surface area contributed by atoms with Crippen LogP contribution in [-0.2, 0) is 13.0 Å². The van der Waals surface area contributed by atoms with Gasteiger partial charge in [-0.15, -0.1) is 0 Å². The van der Waals surface area contributed by atoms with Crippen LogP contribution in [0.3, 0.4) is 0 Å². The topological polar surface area (TPSA) is 56.2 Å². The zero-order chi connectivity index (χ0) is 23.2. The molecule has 4 rings (SSSR count). The fourth-order valence-electron chi connectivity index (χ4n) is 3.55. The minimum absolute atomic E-state index is 0.188. The smallest absolute Gasteiger partial charge is 0.258 e. The van der Waals surface area contributed by atoms with Crippen molar-refractivity contribution < 1.29 is 9.13 Å². The van der Waals surface area contributed by atoms with Crippen molar-refractivity contribution in [3.63, 3.8) is 0 Å². The van der Waals surface area contributed by atoms with Gasteiger partial charge in [0.25, 0.3) is 5.56 Å². The summed E-state index contributed by atoms with van der Waals surface area (Å²) in [7, 11) is 0. The Hall–Kier alpha value is -3.51. The summed E-state index contributed by atoms with van der Waals surface area (Å²) < 4.78 is 20.3. The summed E-state index contributed by atoms with van der Waals surface area (Å²) in [6.45, 7) is 5.52. The number of fused-ring (bicyclic) bond motifs is 1. The Morgan fingerprint density at radius 3 is 2.64 bits per heavy atom. The zero-order valence-corrected chi connectivity index (χ0v) is 18.9. The summed E-state index contributed by atoms with van der Waals surface area (Å²) >= 11 is 0. The third kappa shape index (κ3) is 5.84. The van der Waals surface area contributed by atoms with Gasteiger partial charge in [-0.1, -0.05) is 25.1 Å². The molecule has 5 nitrogen and oxygen atoms in total. The number of halogens is 1. The first-order chi connectivity index (χ1) is 16.0. The van der Waals surface area contributed by atoms with E-state index in [1.807, 2.05) is 24.3 Å². The number of hydrogen-bond acceptors (Lipinski definition) is 4. The van der Waals surface area contributed by atoms with Gasteiger partial charge in [0.2, 0.25) is 0 Å². The zero-order valence-electron chi connectivity index (χ0n) is 18.9. The van der Waals surface area contributed by atoms with E-state index in [1.165, 1.54) is 18.2 Å². The van der Waals surface area contributed by atoms with Crippen LogP contribution in [0, 0.1) is 5.82 Å². The lowest BCUT2D eigenvalue weighted by molar-refractivity contribution is 0.305. The minimum Gasteiger partial charge on any atom is -0.489 e. The van der Waals surface area contributed by atoms with Gasteiger partial charge in [-0.2, -0.15) is 0 Å². The lowest BCUT2D eigenvalue weighted by Gasteiger charge is -2.11. The number of nitrogens with zero attached hydrogens (tertiary/aromatic N) is 2. The fraction of sp³-hybridized carbons (Fsp3) is 0.259. The number of benzene rings is 2. The van der Waals surface area contributed by atoms with Crippen molar-refractivity contribution >= 4 is 10.9 Å². The monoisotopic (exact) mass is 445 g/mol. The summed E-state index contributed by atoms with van der Waals surface area (Å²) in [5.74, 6) is 0.181. The van der Waals surface area contributed by atoms with Crippen molar-refractivity contribution in [2.24, 2.45) is 0 Å². The molecule has 1 atom stereocenters. The Balaban J connectivity index is 1.45. The van der Waals surface area contributed by atoms with Gasteiger partial charge in [0.1, 0.15) is 18.2 Å². The lowest BCUT2D eigenvalue weighted by atomic mass is 10.1. The van der Waals surface area contributed by atoms with E-state index >= 15 is 0 Å². The molecule has 170 valence electrons. The van der Waals surface area contributed by atoms with Crippen LogP contribution < -0.4 is 15.6 Å². The molecular formula is C27H28FN3O2. The summed E-state index contributed by atoms with van der Waals surface area (Å²) in [6.07, 6.45) is 3.68. The average Bonchev–Trinajstić information content (AvgIpc) is 2.83. The summed E-state index contributed by atoms with van der Waals surface area (Å²) in [4.78, 5) is 17.5. The maximum Gasteiger partial charge on any atom is 0.258 e. The van der Waals surface area contributed by atoms with Crippen molar-refractivity contribution in [1.29, 1.82) is 0 Å². The Labute approximate surface area is 192 Å². The van der Waals surface area contributed by atoms with Gasteiger partial charge in [0, 0.05) is 48.0 Å². The molecule has 0 fully saturated rings. The molecule has 1 N–H and O–H groups in total. The second-order valence-electron chi connectivity index (χ2n) is 8.18. The van der Waals surface area contributed by atoms with Crippen LogP contribution in [0.1, 0.15) is 31.5 Å². The lowest BCUT2D eigenvalue weighted by Crippen LogP contribution is -2.27. The maximum absolute atomic E-state index is 13.0. The molecule has 4 aromatic rings. The third-order valence-electron chi connectivity index (χ3n) is 5.70. The number of nitrogens with one attached hydrogen (secondary N) is 1. The fourth-order valence-corrected chi connectivity index (χ4v) is 3.55. The van der Waals surface area contributed by atoms with Crippen LogP contribution >= 0.6 is 0 Å². The maximum atomic E-state index is 13.0. The number of rotatable bonds is 9. The molecule has 0 saturated heterocycles. The van der Waals surface area contributed by atoms with E-state index in [1.54, 1.807) is 29.0 Å². The van der Waals surface area contributed by atoms with Gasteiger partial charge in [-0.25, -0.2) is 4.39 Å². The highest BCUT2D eigenvalue weighted by molar-refractivity contribution is 5.81. The van der Waals surface area contributed by atoms with Gasteiger partial charge in [-0.3, -0.25) is 14.3 Å². The van der Waals surface area contributed by atoms with Gasteiger partial charge in [0.05, 0.1) is 5.52 Å². The molecule has 0 amide bonds. The highest BCUT2D eigenvalue weighted by atomic mass is 19.1. The van der Waals surface area contributed by atoms with Crippen LogP contribution in [0.25, 0.3) is 16.6 Å². The second kappa shape index (κ2) is 10.4. The van der Waals surface area contributed by atoms with Crippen molar-refractivity contribution in [2.45, 2.75) is 39.3 Å². The molecule has 0 bridgehead atoms. The Kier molecular flexibility index (Phi) is 7.15. The largest absolute Gasteiger partial charge is 0.489 e. The molecule has 0 spiro atoms. The van der Waals surface area contributed by atoms with E-state index < -0.39 is 0 Å². The van der Waals surface area contributed by atoms with Gasteiger partial charge in [0.15, 0.2) is 0 Å². The van der Waals surface area contributed by atoms with E-state index in [0.29, 0.717) is 11.8 Å². The molecule has 2 heterocycles. The SMILES string of the molecule is CC[C@@H](C)NCCc1ccc2cc(-n3ccc(OCc4ccc(F)cc4)cc3=O)ccc2n1. The quantitative estimate of drug-likeness (QED) is 0.392. The first-order valence-corrected chi connectivity index (χ1v) is 11.3. The first-order valence-electron chi connectivity index (χ1n) is 11.3. The predicted molar refractivity (Wildman–Crippen MR) is 130 cm³/mol. The average molecular weight is 446 g/mol. The number of aromatic nitrogens is 2. The van der Waals surface area contributed by atoms with Gasteiger partial charge < -0.3 is 10.1 Å². The Morgan fingerprint density at radius 1 is 1.06 bits per heavy atom. The molecule has 0 saturated carbocycles. The van der Waals surface area contributed by atoms with Crippen LogP contribution in [0.2, 0.25) is 0 Å². The Bertz CT molecular complexity index is 1280. The van der Waals surface area contributed by atoms with E-state index in [-0.39, 0.29) is 18.0 Å². The molecule has 0 aliphatic rings. The highest BCUT2D eigenvalue weighted by Gasteiger charge is 2.06.